The molecule has 0 radical (unpaired) electrons. The Morgan fingerprint density at radius 1 is 0.742 bits per heavy atom. The second-order valence-electron chi connectivity index (χ2n) is 8.85. The summed E-state index contributed by atoms with van der Waals surface area (Å²) in [5.74, 6) is 0. The summed E-state index contributed by atoms with van der Waals surface area (Å²) >= 11 is 0. The number of aliphatic hydroxyl groups is 1. The molecule has 0 spiro atoms. The van der Waals surface area contributed by atoms with Crippen molar-refractivity contribution < 1.29 is 5.11 Å². The van der Waals surface area contributed by atoms with Gasteiger partial charge in [0.2, 0.25) is 0 Å². The molecule has 0 bridgehead atoms. The number of fused-ring (bicyclic) bond motifs is 1. The number of hydrogen-bond acceptors (Lipinski definition) is 4. The van der Waals surface area contributed by atoms with Crippen LogP contribution in [0.1, 0.15) is 96.3 Å². The summed E-state index contributed by atoms with van der Waals surface area (Å²) in [6, 6.07) is 0. The molecule has 0 aliphatic carbocycles. The molecule has 0 aliphatic rings. The van der Waals surface area contributed by atoms with Crippen LogP contribution in [0.3, 0.4) is 0 Å². The van der Waals surface area contributed by atoms with Crippen LogP contribution in [0, 0.1) is 0 Å². The predicted molar refractivity (Wildman–Crippen MR) is 127 cm³/mol. The number of nitrogens with zero attached hydrogens (tertiary/aromatic N) is 4. The third kappa shape index (κ3) is 7.95. The molecule has 0 saturated carbocycles. The van der Waals surface area contributed by atoms with Crippen molar-refractivity contribution in [3.8, 4) is 0 Å². The van der Waals surface area contributed by atoms with Gasteiger partial charge in [-0.05, 0) is 12.8 Å². The largest absolute Gasteiger partial charge is 0.396 e. The molecule has 0 aromatic carbocycles. The van der Waals surface area contributed by atoms with Crippen LogP contribution in [-0.4, -0.2) is 30.4 Å². The number of imidazole rings is 1. The Labute approximate surface area is 186 Å². The molecule has 7 nitrogen and oxygen atoms in total. The molecular weight excluding hydrogens is 392 g/mol. The molecule has 0 saturated heterocycles. The second-order valence-corrected chi connectivity index (χ2v) is 8.85. The summed E-state index contributed by atoms with van der Waals surface area (Å²) in [5.41, 5.74) is 0.431. The monoisotopic (exact) mass is 434 g/mol. The van der Waals surface area contributed by atoms with Gasteiger partial charge in [-0.15, -0.1) is 0 Å². The van der Waals surface area contributed by atoms with Crippen molar-refractivity contribution in [2.45, 2.75) is 103 Å². The van der Waals surface area contributed by atoms with E-state index in [1.165, 1.54) is 79.8 Å². The van der Waals surface area contributed by atoms with E-state index in [0.717, 1.165) is 25.7 Å². The average molecular weight is 435 g/mol. The van der Waals surface area contributed by atoms with Crippen molar-refractivity contribution in [3.05, 3.63) is 27.2 Å². The van der Waals surface area contributed by atoms with Gasteiger partial charge in [0.05, 0.1) is 6.33 Å². The third-order valence-corrected chi connectivity index (χ3v) is 6.24. The maximum atomic E-state index is 12.7. The maximum absolute atomic E-state index is 12.7. The van der Waals surface area contributed by atoms with Crippen molar-refractivity contribution in [1.29, 1.82) is 0 Å². The topological polar surface area (TPSA) is 82.1 Å². The van der Waals surface area contributed by atoms with Crippen LogP contribution >= 0.6 is 0 Å². The second kappa shape index (κ2) is 14.2. The summed E-state index contributed by atoms with van der Waals surface area (Å²) < 4.78 is 4.51. The van der Waals surface area contributed by atoms with E-state index in [0.29, 0.717) is 24.3 Å². The zero-order valence-corrected chi connectivity index (χ0v) is 19.7. The highest BCUT2D eigenvalue weighted by Crippen LogP contribution is 2.13. The summed E-state index contributed by atoms with van der Waals surface area (Å²) in [4.78, 5) is 29.3. The highest BCUT2D eigenvalue weighted by molar-refractivity contribution is 5.69. The Hall–Kier alpha value is -1.89. The van der Waals surface area contributed by atoms with Gasteiger partial charge in [0.15, 0.2) is 11.2 Å². The molecule has 0 fully saturated rings. The molecule has 0 atom stereocenters. The van der Waals surface area contributed by atoms with E-state index < -0.39 is 0 Å². The van der Waals surface area contributed by atoms with Gasteiger partial charge in [-0.25, -0.2) is 9.78 Å². The van der Waals surface area contributed by atoms with Crippen molar-refractivity contribution in [2.24, 2.45) is 14.1 Å². The lowest BCUT2D eigenvalue weighted by atomic mass is 10.0. The minimum atomic E-state index is -0.277. The van der Waals surface area contributed by atoms with Gasteiger partial charge in [-0.1, -0.05) is 83.5 Å². The molecule has 0 amide bonds. The van der Waals surface area contributed by atoms with Crippen molar-refractivity contribution >= 4 is 11.2 Å². The maximum Gasteiger partial charge on any atom is 0.332 e. The first-order chi connectivity index (χ1) is 15.1. The molecule has 2 heterocycles. The predicted octanol–water partition coefficient (Wildman–Crippen LogP) is 4.28. The molecule has 7 heteroatoms. The first kappa shape index (κ1) is 25.4. The smallest absolute Gasteiger partial charge is 0.332 e. The average Bonchev–Trinajstić information content (AvgIpc) is 3.15. The fourth-order valence-corrected chi connectivity index (χ4v) is 4.27. The fourth-order valence-electron chi connectivity index (χ4n) is 4.27. The van der Waals surface area contributed by atoms with E-state index in [4.69, 9.17) is 5.11 Å². The zero-order valence-electron chi connectivity index (χ0n) is 19.7. The molecule has 0 unspecified atom stereocenters. The number of aliphatic hydroxyl groups excluding tert-OH is 1. The van der Waals surface area contributed by atoms with Gasteiger partial charge >= 0.3 is 5.69 Å². The van der Waals surface area contributed by atoms with Gasteiger partial charge in [-0.3, -0.25) is 13.9 Å². The minimum absolute atomic E-state index is 0.233. The van der Waals surface area contributed by atoms with E-state index in [9.17, 15) is 9.59 Å². The van der Waals surface area contributed by atoms with Gasteiger partial charge < -0.3 is 9.67 Å². The molecular formula is C24H42N4O3. The molecule has 2 aromatic rings. The van der Waals surface area contributed by atoms with Crippen LogP contribution in [0.25, 0.3) is 11.2 Å². The van der Waals surface area contributed by atoms with Crippen LogP contribution in [0.4, 0.5) is 0 Å². The highest BCUT2D eigenvalue weighted by atomic mass is 16.3. The SMILES string of the molecule is Cn1cnc2c1c(=O)n(CCCCCCCCCCCCCCCCCO)c(=O)n2C. The Kier molecular flexibility index (Phi) is 11.6. The Morgan fingerprint density at radius 3 is 1.68 bits per heavy atom. The quantitative estimate of drug-likeness (QED) is 0.377. The van der Waals surface area contributed by atoms with Crippen LogP contribution in [0.5, 0.6) is 0 Å². The van der Waals surface area contributed by atoms with Gasteiger partial charge in [0.1, 0.15) is 0 Å². The Bertz CT molecular complexity index is 881. The van der Waals surface area contributed by atoms with Gasteiger partial charge in [0, 0.05) is 27.2 Å². The van der Waals surface area contributed by atoms with Crippen molar-refractivity contribution in [2.75, 3.05) is 6.61 Å². The first-order valence-corrected chi connectivity index (χ1v) is 12.3. The van der Waals surface area contributed by atoms with E-state index in [2.05, 4.69) is 4.98 Å². The number of unbranched alkanes of at least 4 members (excludes halogenated alkanes) is 14. The lowest BCUT2D eigenvalue weighted by molar-refractivity contribution is 0.282. The number of aryl methyl sites for hydroxylation is 2. The van der Waals surface area contributed by atoms with Crippen LogP contribution in [-0.2, 0) is 20.6 Å². The van der Waals surface area contributed by atoms with Crippen molar-refractivity contribution in [1.82, 2.24) is 18.7 Å². The standard InChI is InChI=1S/C24H42N4O3/c1-26-20-25-22-21(26)23(30)28(24(31)27(22)2)18-16-14-12-10-8-6-4-3-5-7-9-11-13-15-17-19-29/h20,29H,3-19H2,1-2H3. The number of hydrogen-bond donors (Lipinski definition) is 1. The zero-order chi connectivity index (χ0) is 22.5. The van der Waals surface area contributed by atoms with Gasteiger partial charge in [0.25, 0.3) is 5.56 Å². The number of rotatable bonds is 17. The van der Waals surface area contributed by atoms with Crippen LogP contribution in [0.2, 0.25) is 0 Å². The molecule has 1 N–H and O–H groups in total. The Balaban J connectivity index is 1.52. The minimum Gasteiger partial charge on any atom is -0.396 e. The van der Waals surface area contributed by atoms with Crippen molar-refractivity contribution in [3.63, 3.8) is 0 Å². The lowest BCUT2D eigenvalue weighted by Crippen LogP contribution is -2.39. The summed E-state index contributed by atoms with van der Waals surface area (Å²) in [6.07, 6.45) is 19.9. The summed E-state index contributed by atoms with van der Waals surface area (Å²) in [7, 11) is 3.46. The van der Waals surface area contributed by atoms with Gasteiger partial charge in [-0.2, -0.15) is 0 Å². The molecule has 0 aliphatic heterocycles. The number of aromatic nitrogens is 4. The van der Waals surface area contributed by atoms with E-state index >= 15 is 0 Å². The third-order valence-electron chi connectivity index (χ3n) is 6.24. The molecule has 176 valence electrons. The van der Waals surface area contributed by atoms with E-state index in [-0.39, 0.29) is 11.2 Å². The highest BCUT2D eigenvalue weighted by Gasteiger charge is 2.14. The van der Waals surface area contributed by atoms with E-state index in [1.807, 2.05) is 0 Å². The summed E-state index contributed by atoms with van der Waals surface area (Å²) in [5, 5.41) is 8.75. The molecule has 2 aromatic heterocycles. The summed E-state index contributed by atoms with van der Waals surface area (Å²) in [6.45, 7) is 0.814. The Morgan fingerprint density at radius 2 is 1.19 bits per heavy atom. The van der Waals surface area contributed by atoms with Crippen LogP contribution < -0.4 is 11.2 Å². The lowest BCUT2D eigenvalue weighted by Gasteiger charge is -2.08. The van der Waals surface area contributed by atoms with Crippen LogP contribution in [0.15, 0.2) is 15.9 Å². The first-order valence-electron chi connectivity index (χ1n) is 12.3. The van der Waals surface area contributed by atoms with E-state index in [1.54, 1.807) is 25.0 Å². The molecule has 2 rings (SSSR count). The fraction of sp³-hybridized carbons (Fsp3) is 0.792. The normalized spacial score (nSPS) is 11.6. The molecule has 31 heavy (non-hydrogen) atoms.